The summed E-state index contributed by atoms with van der Waals surface area (Å²) in [4.78, 5) is 1.48. The van der Waals surface area contributed by atoms with Gasteiger partial charge in [0.15, 0.2) is 0 Å². The third-order valence-corrected chi connectivity index (χ3v) is 5.58. The lowest BCUT2D eigenvalue weighted by Gasteiger charge is -2.21. The summed E-state index contributed by atoms with van der Waals surface area (Å²) in [6, 6.07) is 9.25. The summed E-state index contributed by atoms with van der Waals surface area (Å²) in [6.45, 7) is 4.63. The van der Waals surface area contributed by atoms with E-state index in [9.17, 15) is 0 Å². The van der Waals surface area contributed by atoms with Crippen LogP contribution < -0.4 is 0 Å². The van der Waals surface area contributed by atoms with Crippen molar-refractivity contribution in [2.24, 2.45) is 5.92 Å². The van der Waals surface area contributed by atoms with Crippen molar-refractivity contribution in [2.75, 3.05) is 5.75 Å². The van der Waals surface area contributed by atoms with Crippen molar-refractivity contribution in [1.82, 2.24) is 0 Å². The fraction of sp³-hybridized carbons (Fsp3) is 0.667. The summed E-state index contributed by atoms with van der Waals surface area (Å²) in [7, 11) is 0. The zero-order valence-electron chi connectivity index (χ0n) is 12.5. The molecule has 0 heterocycles. The van der Waals surface area contributed by atoms with Gasteiger partial charge in [-0.1, -0.05) is 51.7 Å². The van der Waals surface area contributed by atoms with Gasteiger partial charge in [0.25, 0.3) is 0 Å². The molecule has 0 aliphatic heterocycles. The Morgan fingerprint density at radius 2 is 2.00 bits per heavy atom. The smallest absolute Gasteiger partial charge is 0.00748 e. The molecule has 0 N–H and O–H groups in total. The van der Waals surface area contributed by atoms with Crippen molar-refractivity contribution in [3.8, 4) is 0 Å². The standard InChI is InChI=1S/C18H28S/c1-3-8-15(2)17-11-7-12-18(13-17)19-14-16-9-5-4-6-10-16/h7,11-13,15-16H,3-6,8-10,14H2,1-2H3. The van der Waals surface area contributed by atoms with Crippen molar-refractivity contribution in [2.45, 2.75) is 69.6 Å². The Morgan fingerprint density at radius 3 is 2.74 bits per heavy atom. The fourth-order valence-electron chi connectivity index (χ4n) is 3.08. The Kier molecular flexibility index (Phi) is 6.30. The topological polar surface area (TPSA) is 0 Å². The van der Waals surface area contributed by atoms with Crippen molar-refractivity contribution < 1.29 is 0 Å². The van der Waals surface area contributed by atoms with E-state index in [4.69, 9.17) is 0 Å². The first-order valence-corrected chi connectivity index (χ1v) is 9.01. The van der Waals surface area contributed by atoms with E-state index in [1.807, 2.05) is 0 Å². The van der Waals surface area contributed by atoms with Crippen LogP contribution in [0.3, 0.4) is 0 Å². The molecule has 1 aliphatic carbocycles. The molecule has 0 saturated heterocycles. The molecule has 0 nitrogen and oxygen atoms in total. The lowest BCUT2D eigenvalue weighted by Crippen LogP contribution is -2.08. The normalized spacial score (nSPS) is 18.4. The van der Waals surface area contributed by atoms with Gasteiger partial charge >= 0.3 is 0 Å². The van der Waals surface area contributed by atoms with Crippen molar-refractivity contribution in [1.29, 1.82) is 0 Å². The van der Waals surface area contributed by atoms with Crippen molar-refractivity contribution >= 4 is 11.8 Å². The van der Waals surface area contributed by atoms with Gasteiger partial charge in [-0.3, -0.25) is 0 Å². The highest BCUT2D eigenvalue weighted by molar-refractivity contribution is 7.99. The van der Waals surface area contributed by atoms with Crippen LogP contribution in [0.4, 0.5) is 0 Å². The lowest BCUT2D eigenvalue weighted by atomic mass is 9.91. The van der Waals surface area contributed by atoms with E-state index < -0.39 is 0 Å². The molecule has 1 unspecified atom stereocenters. The number of hydrogen-bond acceptors (Lipinski definition) is 1. The SMILES string of the molecule is CCCC(C)c1cccc(SCC2CCCCC2)c1. The van der Waals surface area contributed by atoms with Crippen LogP contribution >= 0.6 is 11.8 Å². The molecule has 19 heavy (non-hydrogen) atoms. The van der Waals surface area contributed by atoms with Gasteiger partial charge in [-0.15, -0.1) is 11.8 Å². The first-order valence-electron chi connectivity index (χ1n) is 8.02. The second kappa shape index (κ2) is 7.99. The maximum Gasteiger partial charge on any atom is 0.00748 e. The van der Waals surface area contributed by atoms with E-state index >= 15 is 0 Å². The van der Waals surface area contributed by atoms with Crippen LogP contribution in [0.25, 0.3) is 0 Å². The fourth-order valence-corrected chi connectivity index (χ4v) is 4.23. The highest BCUT2D eigenvalue weighted by Crippen LogP contribution is 2.31. The summed E-state index contributed by atoms with van der Waals surface area (Å²) in [6.07, 6.45) is 9.87. The van der Waals surface area contributed by atoms with Gasteiger partial charge in [-0.2, -0.15) is 0 Å². The molecule has 0 amide bonds. The van der Waals surface area contributed by atoms with Gasteiger partial charge in [0, 0.05) is 10.6 Å². The van der Waals surface area contributed by atoms with E-state index in [0.717, 1.165) is 5.92 Å². The quantitative estimate of drug-likeness (QED) is 0.552. The molecule has 0 aromatic heterocycles. The van der Waals surface area contributed by atoms with E-state index in [1.165, 1.54) is 61.2 Å². The van der Waals surface area contributed by atoms with Gasteiger partial charge in [-0.05, 0) is 48.8 Å². The van der Waals surface area contributed by atoms with Gasteiger partial charge < -0.3 is 0 Å². The van der Waals surface area contributed by atoms with Gasteiger partial charge in [0.05, 0.1) is 0 Å². The minimum Gasteiger partial charge on any atom is -0.126 e. The van der Waals surface area contributed by atoms with E-state index in [-0.39, 0.29) is 0 Å². The summed E-state index contributed by atoms with van der Waals surface area (Å²) in [5.74, 6) is 3.00. The molecule has 106 valence electrons. The summed E-state index contributed by atoms with van der Waals surface area (Å²) >= 11 is 2.08. The molecule has 1 aromatic rings. The van der Waals surface area contributed by atoms with Crippen LogP contribution in [0.5, 0.6) is 0 Å². The summed E-state index contributed by atoms with van der Waals surface area (Å²) < 4.78 is 0. The number of hydrogen-bond donors (Lipinski definition) is 0. The molecule has 1 aromatic carbocycles. The minimum absolute atomic E-state index is 0.709. The number of rotatable bonds is 6. The molecule has 0 bridgehead atoms. The Morgan fingerprint density at radius 1 is 1.21 bits per heavy atom. The number of thioether (sulfide) groups is 1. The Labute approximate surface area is 123 Å². The minimum atomic E-state index is 0.709. The molecule has 1 aliphatic rings. The lowest BCUT2D eigenvalue weighted by molar-refractivity contribution is 0.391. The van der Waals surface area contributed by atoms with Crippen LogP contribution in [0.2, 0.25) is 0 Å². The highest BCUT2D eigenvalue weighted by atomic mass is 32.2. The predicted molar refractivity (Wildman–Crippen MR) is 87.1 cm³/mol. The highest BCUT2D eigenvalue weighted by Gasteiger charge is 2.13. The largest absolute Gasteiger partial charge is 0.126 e. The maximum atomic E-state index is 2.42. The van der Waals surface area contributed by atoms with E-state index in [0.29, 0.717) is 5.92 Å². The molecule has 2 rings (SSSR count). The molecule has 0 spiro atoms. The maximum absolute atomic E-state index is 2.42. The first kappa shape index (κ1) is 15.0. The van der Waals surface area contributed by atoms with Crippen LogP contribution in [0, 0.1) is 5.92 Å². The molecular weight excluding hydrogens is 248 g/mol. The van der Waals surface area contributed by atoms with Crippen LogP contribution in [-0.4, -0.2) is 5.75 Å². The van der Waals surface area contributed by atoms with Gasteiger partial charge in [0.2, 0.25) is 0 Å². The number of benzene rings is 1. The van der Waals surface area contributed by atoms with Crippen molar-refractivity contribution in [3.63, 3.8) is 0 Å². The molecule has 1 heteroatoms. The second-order valence-electron chi connectivity index (χ2n) is 6.08. The van der Waals surface area contributed by atoms with Crippen LogP contribution in [0.1, 0.15) is 70.3 Å². The third kappa shape index (κ3) is 4.87. The van der Waals surface area contributed by atoms with Crippen LogP contribution in [-0.2, 0) is 0 Å². The summed E-state index contributed by atoms with van der Waals surface area (Å²) in [5.41, 5.74) is 1.52. The molecule has 1 fully saturated rings. The zero-order chi connectivity index (χ0) is 13.5. The van der Waals surface area contributed by atoms with E-state index in [1.54, 1.807) is 0 Å². The van der Waals surface area contributed by atoms with Crippen molar-refractivity contribution in [3.05, 3.63) is 29.8 Å². The van der Waals surface area contributed by atoms with E-state index in [2.05, 4.69) is 49.9 Å². The van der Waals surface area contributed by atoms with Gasteiger partial charge in [0.1, 0.15) is 0 Å². The second-order valence-corrected chi connectivity index (χ2v) is 7.17. The predicted octanol–water partition coefficient (Wildman–Crippen LogP) is 6.26. The zero-order valence-corrected chi connectivity index (χ0v) is 13.3. The Balaban J connectivity index is 1.87. The molecule has 1 atom stereocenters. The Hall–Kier alpha value is -0.430. The third-order valence-electron chi connectivity index (χ3n) is 4.36. The first-order chi connectivity index (χ1) is 9.29. The average Bonchev–Trinajstić information content (AvgIpc) is 2.47. The van der Waals surface area contributed by atoms with Crippen LogP contribution in [0.15, 0.2) is 29.2 Å². The average molecular weight is 276 g/mol. The van der Waals surface area contributed by atoms with Gasteiger partial charge in [-0.25, -0.2) is 0 Å². The molecule has 1 saturated carbocycles. The molecular formula is C18H28S. The summed E-state index contributed by atoms with van der Waals surface area (Å²) in [5, 5.41) is 0. The Bertz CT molecular complexity index is 366. The monoisotopic (exact) mass is 276 g/mol. The molecule has 0 radical (unpaired) electrons.